The van der Waals surface area contributed by atoms with Gasteiger partial charge in [0.15, 0.2) is 11.5 Å². The molecule has 4 aromatic rings. The summed E-state index contributed by atoms with van der Waals surface area (Å²) in [6, 6.07) is 13.4. The molecule has 0 fully saturated rings. The largest absolute Gasteiger partial charge is 0.462 e. The van der Waals surface area contributed by atoms with Crippen LogP contribution in [0.15, 0.2) is 42.5 Å². The molecule has 0 atom stereocenters. The molecule has 0 spiro atoms. The summed E-state index contributed by atoms with van der Waals surface area (Å²) in [5, 5.41) is 4.60. The van der Waals surface area contributed by atoms with Crippen molar-refractivity contribution in [1.29, 1.82) is 0 Å². The summed E-state index contributed by atoms with van der Waals surface area (Å²) >= 11 is 9.18. The molecule has 2 aromatic carbocycles. The second-order valence-corrected chi connectivity index (χ2v) is 10.2. The van der Waals surface area contributed by atoms with E-state index in [2.05, 4.69) is 5.32 Å². The molecular formula is C25H20ClNO5S2. The molecule has 2 aromatic heterocycles. The molecular weight excluding hydrogens is 494 g/mol. The van der Waals surface area contributed by atoms with Gasteiger partial charge >= 0.3 is 5.97 Å². The van der Waals surface area contributed by atoms with Gasteiger partial charge in [0.25, 0.3) is 5.91 Å². The van der Waals surface area contributed by atoms with Gasteiger partial charge in [-0.3, -0.25) is 4.79 Å². The van der Waals surface area contributed by atoms with Gasteiger partial charge < -0.3 is 19.5 Å². The number of hydrogen-bond donors (Lipinski definition) is 1. The van der Waals surface area contributed by atoms with Crippen molar-refractivity contribution in [2.45, 2.75) is 20.3 Å². The number of esters is 1. The Hall–Kier alpha value is -3.07. The van der Waals surface area contributed by atoms with E-state index in [4.69, 9.17) is 25.8 Å². The predicted octanol–water partition coefficient (Wildman–Crippen LogP) is 6.67. The second-order valence-electron chi connectivity index (χ2n) is 7.63. The minimum atomic E-state index is -0.467. The Labute approximate surface area is 209 Å². The zero-order chi connectivity index (χ0) is 23.8. The maximum atomic E-state index is 13.2. The van der Waals surface area contributed by atoms with E-state index >= 15 is 0 Å². The Balaban J connectivity index is 1.48. The minimum absolute atomic E-state index is 0.209. The number of carbonyl (C=O) groups excluding carboxylic acids is 2. The highest BCUT2D eigenvalue weighted by Crippen LogP contribution is 2.40. The van der Waals surface area contributed by atoms with Crippen LogP contribution in [0.4, 0.5) is 5.00 Å². The highest BCUT2D eigenvalue weighted by Gasteiger charge is 2.26. The van der Waals surface area contributed by atoms with Crippen molar-refractivity contribution in [3.63, 3.8) is 0 Å². The van der Waals surface area contributed by atoms with E-state index in [0.29, 0.717) is 38.4 Å². The summed E-state index contributed by atoms with van der Waals surface area (Å²) in [7, 11) is 0. The molecule has 0 radical (unpaired) electrons. The molecule has 0 saturated carbocycles. The van der Waals surface area contributed by atoms with E-state index in [-0.39, 0.29) is 19.3 Å². The van der Waals surface area contributed by atoms with Gasteiger partial charge in [-0.15, -0.1) is 22.7 Å². The number of hydrogen-bond acceptors (Lipinski definition) is 7. The van der Waals surface area contributed by atoms with E-state index < -0.39 is 5.97 Å². The van der Waals surface area contributed by atoms with Crippen molar-refractivity contribution in [2.75, 3.05) is 18.7 Å². The van der Waals surface area contributed by atoms with Crippen LogP contribution in [0.1, 0.15) is 43.0 Å². The molecule has 1 N–H and O–H groups in total. The van der Waals surface area contributed by atoms with Gasteiger partial charge in [0, 0.05) is 21.4 Å². The quantitative estimate of drug-likeness (QED) is 0.291. The summed E-state index contributed by atoms with van der Waals surface area (Å²) < 4.78 is 17.1. The average Bonchev–Trinajstić information content (AvgIpc) is 3.50. The molecule has 1 amide bonds. The predicted molar refractivity (Wildman–Crippen MR) is 135 cm³/mol. The number of ether oxygens (including phenoxy) is 3. The number of halogens is 1. The zero-order valence-electron chi connectivity index (χ0n) is 18.4. The second kappa shape index (κ2) is 9.29. The van der Waals surface area contributed by atoms with Crippen LogP contribution >= 0.6 is 34.3 Å². The first-order valence-corrected chi connectivity index (χ1v) is 12.6. The number of anilines is 1. The molecule has 6 nitrogen and oxygen atoms in total. The number of amides is 1. The zero-order valence-corrected chi connectivity index (χ0v) is 20.8. The van der Waals surface area contributed by atoms with Crippen LogP contribution in [-0.2, 0) is 11.2 Å². The Kier molecular flexibility index (Phi) is 6.20. The number of nitrogens with one attached hydrogen (secondary N) is 1. The Morgan fingerprint density at radius 2 is 1.91 bits per heavy atom. The SMILES string of the molecule is CCOC(=O)c1c(NC(=O)c2sc3ccccc3c2Cl)sc(Cc2ccc3c(c2)OCO3)c1C. The number of rotatable bonds is 6. The van der Waals surface area contributed by atoms with Crippen molar-refractivity contribution < 1.29 is 23.8 Å². The monoisotopic (exact) mass is 513 g/mol. The molecule has 174 valence electrons. The van der Waals surface area contributed by atoms with Crippen molar-refractivity contribution >= 4 is 61.2 Å². The maximum Gasteiger partial charge on any atom is 0.341 e. The van der Waals surface area contributed by atoms with Crippen LogP contribution in [0.2, 0.25) is 5.02 Å². The molecule has 3 heterocycles. The number of thiophene rings is 2. The van der Waals surface area contributed by atoms with Crippen LogP contribution in [0, 0.1) is 6.92 Å². The van der Waals surface area contributed by atoms with Gasteiger partial charge in [-0.25, -0.2) is 4.79 Å². The van der Waals surface area contributed by atoms with Crippen LogP contribution in [0.5, 0.6) is 11.5 Å². The molecule has 0 saturated heterocycles. The molecule has 0 aliphatic carbocycles. The number of carbonyl (C=O) groups is 2. The fraction of sp³-hybridized carbons (Fsp3) is 0.200. The van der Waals surface area contributed by atoms with E-state index in [0.717, 1.165) is 26.1 Å². The number of fused-ring (bicyclic) bond motifs is 2. The topological polar surface area (TPSA) is 73.9 Å². The smallest absolute Gasteiger partial charge is 0.341 e. The summed E-state index contributed by atoms with van der Waals surface area (Å²) in [5.74, 6) is 0.593. The van der Waals surface area contributed by atoms with E-state index in [1.165, 1.54) is 22.7 Å². The van der Waals surface area contributed by atoms with Crippen molar-refractivity contribution in [3.8, 4) is 11.5 Å². The summed E-state index contributed by atoms with van der Waals surface area (Å²) in [6.07, 6.45) is 0.569. The molecule has 0 unspecified atom stereocenters. The van der Waals surface area contributed by atoms with Crippen molar-refractivity contribution in [2.24, 2.45) is 0 Å². The Morgan fingerprint density at radius 1 is 1.12 bits per heavy atom. The third-order valence-corrected chi connectivity index (χ3v) is 8.38. The maximum absolute atomic E-state index is 13.2. The third kappa shape index (κ3) is 4.13. The fourth-order valence-corrected chi connectivity index (χ4v) is 6.46. The molecule has 1 aliphatic heterocycles. The van der Waals surface area contributed by atoms with Gasteiger partial charge in [-0.05, 0) is 43.2 Å². The lowest BCUT2D eigenvalue weighted by molar-refractivity contribution is 0.0527. The first-order valence-electron chi connectivity index (χ1n) is 10.6. The standard InChI is InChI=1S/C25H20ClNO5S2/c1-3-30-25(29)20-13(2)19(11-14-8-9-16-17(10-14)32-12-31-16)34-24(20)27-23(28)22-21(26)15-6-4-5-7-18(15)33-22/h4-10H,3,11-12H2,1-2H3,(H,27,28). The van der Waals surface area contributed by atoms with Crippen LogP contribution in [-0.4, -0.2) is 25.3 Å². The van der Waals surface area contributed by atoms with Crippen molar-refractivity contribution in [1.82, 2.24) is 0 Å². The van der Waals surface area contributed by atoms with Gasteiger partial charge in [0.2, 0.25) is 6.79 Å². The summed E-state index contributed by atoms with van der Waals surface area (Å²) in [4.78, 5) is 27.3. The summed E-state index contributed by atoms with van der Waals surface area (Å²) in [5.41, 5.74) is 2.15. The lowest BCUT2D eigenvalue weighted by Gasteiger charge is -2.06. The van der Waals surface area contributed by atoms with Gasteiger partial charge in [0.1, 0.15) is 9.88 Å². The fourth-order valence-electron chi connectivity index (χ4n) is 3.82. The van der Waals surface area contributed by atoms with Crippen molar-refractivity contribution in [3.05, 3.63) is 73.9 Å². The lowest BCUT2D eigenvalue weighted by Crippen LogP contribution is -2.14. The molecule has 1 aliphatic rings. The van der Waals surface area contributed by atoms with E-state index in [1.54, 1.807) is 6.92 Å². The van der Waals surface area contributed by atoms with Gasteiger partial charge in [-0.1, -0.05) is 35.9 Å². The van der Waals surface area contributed by atoms with Crippen LogP contribution in [0.3, 0.4) is 0 Å². The minimum Gasteiger partial charge on any atom is -0.462 e. The normalized spacial score (nSPS) is 12.2. The Bertz CT molecular complexity index is 1420. The first-order chi connectivity index (χ1) is 16.5. The van der Waals surface area contributed by atoms with Gasteiger partial charge in [-0.2, -0.15) is 0 Å². The van der Waals surface area contributed by atoms with Crippen LogP contribution in [0.25, 0.3) is 10.1 Å². The molecule has 9 heteroatoms. The first kappa shape index (κ1) is 22.7. The molecule has 5 rings (SSSR count). The highest BCUT2D eigenvalue weighted by molar-refractivity contribution is 7.22. The van der Waals surface area contributed by atoms with Crippen LogP contribution < -0.4 is 14.8 Å². The van der Waals surface area contributed by atoms with Gasteiger partial charge in [0.05, 0.1) is 17.2 Å². The average molecular weight is 514 g/mol. The lowest BCUT2D eigenvalue weighted by atomic mass is 10.1. The molecule has 34 heavy (non-hydrogen) atoms. The summed E-state index contributed by atoms with van der Waals surface area (Å²) in [6.45, 7) is 4.07. The third-order valence-electron chi connectivity index (χ3n) is 5.49. The molecule has 0 bridgehead atoms. The van der Waals surface area contributed by atoms with E-state index in [1.807, 2.05) is 49.4 Å². The number of benzene rings is 2. The Morgan fingerprint density at radius 3 is 2.71 bits per heavy atom. The van der Waals surface area contributed by atoms with E-state index in [9.17, 15) is 9.59 Å². The highest BCUT2D eigenvalue weighted by atomic mass is 35.5.